The molecule has 0 aliphatic carbocycles. The fourth-order valence-corrected chi connectivity index (χ4v) is 1.91. The van der Waals surface area contributed by atoms with Crippen molar-refractivity contribution in [3.05, 3.63) is 35.1 Å². The first-order chi connectivity index (χ1) is 10.1. The number of carbonyl (C=O) groups excluding carboxylic acids is 1. The topological polar surface area (TPSA) is 52.6 Å². The van der Waals surface area contributed by atoms with Gasteiger partial charge < -0.3 is 15.3 Å². The van der Waals surface area contributed by atoms with Crippen LogP contribution in [0.2, 0.25) is 0 Å². The van der Waals surface area contributed by atoms with Crippen molar-refractivity contribution in [2.45, 2.75) is 13.8 Å². The maximum Gasteiger partial charge on any atom is 0.252 e. The summed E-state index contributed by atoms with van der Waals surface area (Å²) in [5.74, 6) is 4.28. The van der Waals surface area contributed by atoms with E-state index in [-0.39, 0.29) is 18.1 Å². The summed E-state index contributed by atoms with van der Waals surface area (Å²) in [7, 11) is 0. The number of benzene rings is 1. The lowest BCUT2D eigenvalue weighted by Crippen LogP contribution is -2.35. The summed E-state index contributed by atoms with van der Waals surface area (Å²) in [4.78, 5) is 14.3. The molecule has 0 aliphatic rings. The van der Waals surface area contributed by atoms with Crippen molar-refractivity contribution in [1.82, 2.24) is 10.2 Å². The summed E-state index contributed by atoms with van der Waals surface area (Å²) in [6, 6.07) is 3.85. The number of hydrogen-bond donors (Lipinski definition) is 2. The molecule has 1 rings (SSSR count). The molecule has 1 aromatic carbocycles. The SMILES string of the molecule is CCN(CC)CCNC(=O)c1cc(F)ccc1C#CCO. The van der Waals surface area contributed by atoms with Crippen LogP contribution in [0.3, 0.4) is 0 Å². The first kappa shape index (κ1) is 17.2. The molecule has 1 aromatic rings. The Bertz CT molecular complexity index is 531. The van der Waals surface area contributed by atoms with Crippen LogP contribution in [-0.2, 0) is 0 Å². The lowest BCUT2D eigenvalue weighted by molar-refractivity contribution is 0.0948. The monoisotopic (exact) mass is 292 g/mol. The Kier molecular flexibility index (Phi) is 7.44. The molecule has 0 unspecified atom stereocenters. The van der Waals surface area contributed by atoms with Crippen LogP contribution in [0.5, 0.6) is 0 Å². The molecular formula is C16H21FN2O2. The number of likely N-dealkylation sites (N-methyl/N-ethyl adjacent to an activating group) is 1. The first-order valence-corrected chi connectivity index (χ1v) is 7.02. The van der Waals surface area contributed by atoms with Gasteiger partial charge >= 0.3 is 0 Å². The third-order valence-corrected chi connectivity index (χ3v) is 3.14. The van der Waals surface area contributed by atoms with E-state index in [1.165, 1.54) is 12.1 Å². The van der Waals surface area contributed by atoms with E-state index < -0.39 is 5.82 Å². The van der Waals surface area contributed by atoms with E-state index in [9.17, 15) is 9.18 Å². The molecule has 5 heteroatoms. The molecule has 4 nitrogen and oxygen atoms in total. The maximum atomic E-state index is 13.3. The fraction of sp³-hybridized carbons (Fsp3) is 0.438. The summed E-state index contributed by atoms with van der Waals surface area (Å²) >= 11 is 0. The average Bonchev–Trinajstić information content (AvgIpc) is 2.50. The molecule has 1 amide bonds. The summed E-state index contributed by atoms with van der Waals surface area (Å²) in [5.41, 5.74) is 0.598. The van der Waals surface area contributed by atoms with Crippen molar-refractivity contribution in [3.8, 4) is 11.8 Å². The standard InChI is InChI=1S/C16H21FN2O2/c1-3-19(4-2)10-9-18-16(21)15-12-14(17)8-7-13(15)6-5-11-20/h7-8,12,20H,3-4,9-11H2,1-2H3,(H,18,21). The van der Waals surface area contributed by atoms with Gasteiger partial charge in [0.2, 0.25) is 0 Å². The van der Waals surface area contributed by atoms with Gasteiger partial charge in [0.1, 0.15) is 12.4 Å². The van der Waals surface area contributed by atoms with Crippen LogP contribution < -0.4 is 5.32 Å². The van der Waals surface area contributed by atoms with Crippen LogP contribution in [0.1, 0.15) is 29.8 Å². The highest BCUT2D eigenvalue weighted by Crippen LogP contribution is 2.10. The summed E-state index contributed by atoms with van der Waals surface area (Å²) in [5, 5.41) is 11.5. The minimum Gasteiger partial charge on any atom is -0.384 e. The quantitative estimate of drug-likeness (QED) is 0.776. The van der Waals surface area contributed by atoms with Gasteiger partial charge in [-0.2, -0.15) is 0 Å². The van der Waals surface area contributed by atoms with Crippen molar-refractivity contribution in [2.24, 2.45) is 0 Å². The van der Waals surface area contributed by atoms with Gasteiger partial charge in [-0.15, -0.1) is 0 Å². The number of carbonyl (C=O) groups is 1. The van der Waals surface area contributed by atoms with E-state index in [0.29, 0.717) is 12.1 Å². The molecule has 2 N–H and O–H groups in total. The van der Waals surface area contributed by atoms with Gasteiger partial charge in [0.05, 0.1) is 5.56 Å². The minimum absolute atomic E-state index is 0.190. The highest BCUT2D eigenvalue weighted by atomic mass is 19.1. The largest absolute Gasteiger partial charge is 0.384 e. The number of nitrogens with one attached hydrogen (secondary N) is 1. The predicted octanol–water partition coefficient (Wildman–Crippen LogP) is 1.24. The van der Waals surface area contributed by atoms with E-state index in [1.807, 2.05) is 0 Å². The number of rotatable bonds is 6. The first-order valence-electron chi connectivity index (χ1n) is 7.02. The third kappa shape index (κ3) is 5.54. The molecule has 0 aliphatic heterocycles. The Morgan fingerprint density at radius 2 is 2.10 bits per heavy atom. The molecule has 0 atom stereocenters. The zero-order chi connectivity index (χ0) is 15.7. The number of aliphatic hydroxyl groups is 1. The molecule has 0 aromatic heterocycles. The normalized spacial score (nSPS) is 10.1. The fourth-order valence-electron chi connectivity index (χ4n) is 1.91. The second kappa shape index (κ2) is 9.11. The van der Waals surface area contributed by atoms with E-state index >= 15 is 0 Å². The number of aliphatic hydroxyl groups excluding tert-OH is 1. The van der Waals surface area contributed by atoms with Crippen LogP contribution in [0.15, 0.2) is 18.2 Å². The van der Waals surface area contributed by atoms with Crippen LogP contribution in [-0.4, -0.2) is 48.7 Å². The molecule has 0 radical (unpaired) electrons. The van der Waals surface area contributed by atoms with E-state index in [1.54, 1.807) is 0 Å². The van der Waals surface area contributed by atoms with Gasteiger partial charge in [-0.25, -0.2) is 4.39 Å². The summed E-state index contributed by atoms with van der Waals surface area (Å²) in [6.45, 7) is 6.87. The van der Waals surface area contributed by atoms with Crippen molar-refractivity contribution in [3.63, 3.8) is 0 Å². The third-order valence-electron chi connectivity index (χ3n) is 3.14. The number of amides is 1. The Morgan fingerprint density at radius 1 is 1.38 bits per heavy atom. The van der Waals surface area contributed by atoms with Gasteiger partial charge in [0, 0.05) is 18.7 Å². The van der Waals surface area contributed by atoms with Crippen LogP contribution >= 0.6 is 0 Å². The summed E-state index contributed by atoms with van der Waals surface area (Å²) in [6.07, 6.45) is 0. The second-order valence-corrected chi connectivity index (χ2v) is 4.43. The molecular weight excluding hydrogens is 271 g/mol. The van der Waals surface area contributed by atoms with Gasteiger partial charge in [0.15, 0.2) is 0 Å². The van der Waals surface area contributed by atoms with Gasteiger partial charge in [0.25, 0.3) is 5.91 Å². The maximum absolute atomic E-state index is 13.3. The van der Waals surface area contributed by atoms with Crippen LogP contribution in [0.25, 0.3) is 0 Å². The zero-order valence-corrected chi connectivity index (χ0v) is 12.4. The Morgan fingerprint density at radius 3 is 2.71 bits per heavy atom. The Hall–Kier alpha value is -1.90. The molecule has 0 bridgehead atoms. The van der Waals surface area contributed by atoms with E-state index in [0.717, 1.165) is 25.7 Å². The average molecular weight is 292 g/mol. The van der Waals surface area contributed by atoms with Crippen LogP contribution in [0, 0.1) is 17.7 Å². The smallest absolute Gasteiger partial charge is 0.252 e. The molecule has 0 heterocycles. The molecule has 0 spiro atoms. The highest BCUT2D eigenvalue weighted by molar-refractivity contribution is 5.96. The number of hydrogen-bond acceptors (Lipinski definition) is 3. The second-order valence-electron chi connectivity index (χ2n) is 4.43. The summed E-state index contributed by atoms with van der Waals surface area (Å²) < 4.78 is 13.3. The van der Waals surface area contributed by atoms with Crippen molar-refractivity contribution in [1.29, 1.82) is 0 Å². The Labute approximate surface area is 125 Å². The lowest BCUT2D eigenvalue weighted by Gasteiger charge is -2.18. The molecule has 0 saturated carbocycles. The lowest BCUT2D eigenvalue weighted by atomic mass is 10.1. The van der Waals surface area contributed by atoms with E-state index in [4.69, 9.17) is 5.11 Å². The van der Waals surface area contributed by atoms with Gasteiger partial charge in [-0.1, -0.05) is 25.7 Å². The Balaban J connectivity index is 2.74. The van der Waals surface area contributed by atoms with Crippen molar-refractivity contribution >= 4 is 5.91 Å². The highest BCUT2D eigenvalue weighted by Gasteiger charge is 2.11. The predicted molar refractivity (Wildman–Crippen MR) is 80.5 cm³/mol. The molecule has 0 fully saturated rings. The van der Waals surface area contributed by atoms with Crippen molar-refractivity contribution < 1.29 is 14.3 Å². The van der Waals surface area contributed by atoms with Crippen LogP contribution in [0.4, 0.5) is 4.39 Å². The minimum atomic E-state index is -0.488. The van der Waals surface area contributed by atoms with E-state index in [2.05, 4.69) is 35.9 Å². The molecule has 0 saturated heterocycles. The van der Waals surface area contributed by atoms with Gasteiger partial charge in [-0.3, -0.25) is 4.79 Å². The van der Waals surface area contributed by atoms with Gasteiger partial charge in [-0.05, 0) is 31.3 Å². The van der Waals surface area contributed by atoms with Crippen molar-refractivity contribution in [2.75, 3.05) is 32.8 Å². The number of halogens is 1. The number of nitrogens with zero attached hydrogens (tertiary/aromatic N) is 1. The molecule has 21 heavy (non-hydrogen) atoms. The molecule has 114 valence electrons. The zero-order valence-electron chi connectivity index (χ0n) is 12.4.